The van der Waals surface area contributed by atoms with Crippen LogP contribution in [-0.4, -0.2) is 82.4 Å². The summed E-state index contributed by atoms with van der Waals surface area (Å²) in [4.78, 5) is 36.0. The number of amides is 1. The van der Waals surface area contributed by atoms with Gasteiger partial charge in [0.05, 0.1) is 24.0 Å². The molecule has 2 bridgehead atoms. The molecule has 0 saturated carbocycles. The molecule has 236 valence electrons. The Hall–Kier alpha value is -3.78. The number of nitrogens with one attached hydrogen (secondary N) is 1. The lowest BCUT2D eigenvalue weighted by Gasteiger charge is -2.61. The Bertz CT molecular complexity index is 1470. The highest BCUT2D eigenvalue weighted by Crippen LogP contribution is 2.64. The number of aliphatic hydroxyl groups is 3. The minimum atomic E-state index is -4.64. The molecule has 2 aromatic carbocycles. The minimum absolute atomic E-state index is 0.00134. The van der Waals surface area contributed by atoms with Gasteiger partial charge in [-0.3, -0.25) is 14.4 Å². The SMILES string of the molecule is CN1CC[C@]23c4c5ccc(CO)c4O[C@H]2C(OC(=O)CCNC(=O)[C@@H](O)c2ccccc2)=CC[C@@]3(O)[C@H]1C5.O=CC(F)(F)F. The molecule has 44 heavy (non-hydrogen) atoms. The van der Waals surface area contributed by atoms with Gasteiger partial charge in [0.2, 0.25) is 6.29 Å². The van der Waals surface area contributed by atoms with E-state index >= 15 is 0 Å². The predicted molar refractivity (Wildman–Crippen MR) is 148 cm³/mol. The number of hydrogen-bond acceptors (Lipinski definition) is 9. The largest absolute Gasteiger partial charge is 0.481 e. The molecule has 4 N–H and O–H groups in total. The topological polar surface area (TPSA) is 146 Å². The molecule has 0 radical (unpaired) electrons. The molecule has 6 rings (SSSR count). The van der Waals surface area contributed by atoms with Crippen molar-refractivity contribution in [3.8, 4) is 5.75 Å². The van der Waals surface area contributed by atoms with Crippen molar-refractivity contribution in [1.29, 1.82) is 0 Å². The van der Waals surface area contributed by atoms with Crippen LogP contribution in [0.2, 0.25) is 0 Å². The van der Waals surface area contributed by atoms with Gasteiger partial charge in [0.1, 0.15) is 11.5 Å². The maximum atomic E-state index is 12.8. The summed E-state index contributed by atoms with van der Waals surface area (Å²) in [6, 6.07) is 12.3. The summed E-state index contributed by atoms with van der Waals surface area (Å²) in [6.07, 6.45) is -4.46. The number of carbonyl (C=O) groups excluding carboxylic acids is 3. The average molecular weight is 619 g/mol. The summed E-state index contributed by atoms with van der Waals surface area (Å²) in [7, 11) is 2.02. The molecule has 1 amide bonds. The molecule has 1 fully saturated rings. The Morgan fingerprint density at radius 3 is 2.59 bits per heavy atom. The number of ether oxygens (including phenoxy) is 2. The zero-order valence-electron chi connectivity index (χ0n) is 23.8. The van der Waals surface area contributed by atoms with Crippen molar-refractivity contribution < 1.29 is 52.3 Å². The van der Waals surface area contributed by atoms with E-state index < -0.39 is 47.6 Å². The van der Waals surface area contributed by atoms with E-state index in [-0.39, 0.29) is 25.6 Å². The third-order valence-corrected chi connectivity index (χ3v) is 8.98. The highest BCUT2D eigenvalue weighted by atomic mass is 19.4. The first kappa shape index (κ1) is 31.6. The van der Waals surface area contributed by atoms with E-state index in [9.17, 15) is 38.1 Å². The predicted octanol–water partition coefficient (Wildman–Crippen LogP) is 1.99. The fraction of sp³-hybridized carbons (Fsp3) is 0.452. The fourth-order valence-corrected chi connectivity index (χ4v) is 6.99. The molecule has 4 aliphatic rings. The maximum Gasteiger partial charge on any atom is 0.446 e. The van der Waals surface area contributed by atoms with Gasteiger partial charge < -0.3 is 35.0 Å². The quantitative estimate of drug-likeness (QED) is 0.270. The fourth-order valence-electron chi connectivity index (χ4n) is 6.99. The molecular formula is C31H33F3N2O8. The van der Waals surface area contributed by atoms with Gasteiger partial charge in [0.15, 0.2) is 12.2 Å². The number of likely N-dealkylation sites (tertiary alicyclic amines) is 1. The number of hydrogen-bond donors (Lipinski definition) is 4. The van der Waals surface area contributed by atoms with Gasteiger partial charge in [0, 0.05) is 30.1 Å². The Labute approximate surface area is 251 Å². The van der Waals surface area contributed by atoms with Gasteiger partial charge in [-0.05, 0) is 43.6 Å². The number of rotatable bonds is 7. The summed E-state index contributed by atoms with van der Waals surface area (Å²) in [5, 5.41) is 35.0. The number of benzene rings is 2. The van der Waals surface area contributed by atoms with Gasteiger partial charge in [-0.1, -0.05) is 42.5 Å². The summed E-state index contributed by atoms with van der Waals surface area (Å²) in [6.45, 7) is 0.563. The van der Waals surface area contributed by atoms with Crippen LogP contribution < -0.4 is 10.1 Å². The molecule has 10 nitrogen and oxygen atoms in total. The number of carbonyl (C=O) groups is 3. The summed E-state index contributed by atoms with van der Waals surface area (Å²) in [5.41, 5.74) is 1.26. The van der Waals surface area contributed by atoms with Crippen molar-refractivity contribution in [1.82, 2.24) is 10.2 Å². The van der Waals surface area contributed by atoms with E-state index in [2.05, 4.69) is 10.2 Å². The van der Waals surface area contributed by atoms with E-state index in [0.717, 1.165) is 17.7 Å². The lowest BCUT2D eigenvalue weighted by molar-refractivity contribution is -0.169. The summed E-state index contributed by atoms with van der Waals surface area (Å²) < 4.78 is 43.5. The second-order valence-electron chi connectivity index (χ2n) is 11.4. The van der Waals surface area contributed by atoms with Crippen LogP contribution in [0.3, 0.4) is 0 Å². The number of aldehydes is 1. The van der Waals surface area contributed by atoms with Crippen molar-refractivity contribution in [3.05, 3.63) is 76.6 Å². The van der Waals surface area contributed by atoms with Crippen LogP contribution in [0.25, 0.3) is 0 Å². The normalized spacial score (nSPS) is 27.0. The van der Waals surface area contributed by atoms with Crippen LogP contribution in [0, 0.1) is 0 Å². The van der Waals surface area contributed by atoms with Crippen LogP contribution in [0.15, 0.2) is 54.3 Å². The van der Waals surface area contributed by atoms with Crippen molar-refractivity contribution in [2.75, 3.05) is 20.1 Å². The van der Waals surface area contributed by atoms with E-state index in [0.29, 0.717) is 41.9 Å². The number of likely N-dealkylation sites (N-methyl/N-ethyl adjacent to an activating group) is 1. The third-order valence-electron chi connectivity index (χ3n) is 8.98. The molecule has 13 heteroatoms. The van der Waals surface area contributed by atoms with Crippen molar-refractivity contribution in [2.24, 2.45) is 0 Å². The van der Waals surface area contributed by atoms with Crippen LogP contribution in [0.4, 0.5) is 13.2 Å². The van der Waals surface area contributed by atoms with Crippen LogP contribution in [-0.2, 0) is 37.6 Å². The summed E-state index contributed by atoms with van der Waals surface area (Å²) in [5.74, 6) is -0.202. The lowest BCUT2D eigenvalue weighted by atomic mass is 9.50. The third kappa shape index (κ3) is 5.38. The first-order chi connectivity index (χ1) is 20.9. The average Bonchev–Trinajstić information content (AvgIpc) is 3.36. The first-order valence-electron chi connectivity index (χ1n) is 14.2. The van der Waals surface area contributed by atoms with E-state index in [1.165, 1.54) is 0 Å². The molecule has 0 unspecified atom stereocenters. The number of aliphatic hydroxyl groups excluding tert-OH is 2. The zero-order valence-corrected chi connectivity index (χ0v) is 23.8. The highest BCUT2D eigenvalue weighted by Gasteiger charge is 2.71. The molecule has 1 spiro atoms. The monoisotopic (exact) mass is 618 g/mol. The maximum absolute atomic E-state index is 12.8. The zero-order chi connectivity index (χ0) is 31.9. The molecule has 2 heterocycles. The van der Waals surface area contributed by atoms with Gasteiger partial charge in [0.25, 0.3) is 5.91 Å². The van der Waals surface area contributed by atoms with Crippen molar-refractivity contribution in [2.45, 2.75) is 67.7 Å². The number of nitrogens with zero attached hydrogens (tertiary/aromatic N) is 1. The van der Waals surface area contributed by atoms with E-state index in [4.69, 9.17) is 14.3 Å². The minimum Gasteiger partial charge on any atom is -0.481 e. The van der Waals surface area contributed by atoms with Crippen molar-refractivity contribution in [3.63, 3.8) is 0 Å². The summed E-state index contributed by atoms with van der Waals surface area (Å²) >= 11 is 0. The lowest BCUT2D eigenvalue weighted by Crippen LogP contribution is -2.74. The first-order valence-corrected chi connectivity index (χ1v) is 14.2. The number of esters is 1. The molecule has 5 atom stereocenters. The number of halogens is 3. The second-order valence-corrected chi connectivity index (χ2v) is 11.4. The van der Waals surface area contributed by atoms with E-state index in [1.54, 1.807) is 36.4 Å². The van der Waals surface area contributed by atoms with Gasteiger partial charge >= 0.3 is 12.1 Å². The van der Waals surface area contributed by atoms with Crippen LogP contribution in [0.5, 0.6) is 5.75 Å². The number of piperidine rings is 1. The molecular weight excluding hydrogens is 585 g/mol. The van der Waals surface area contributed by atoms with Crippen molar-refractivity contribution >= 4 is 18.2 Å². The molecule has 0 aromatic heterocycles. The number of alkyl halides is 3. The Balaban J connectivity index is 0.000000584. The molecule has 2 aromatic rings. The Morgan fingerprint density at radius 1 is 1.23 bits per heavy atom. The van der Waals surface area contributed by atoms with Gasteiger partial charge in [-0.15, -0.1) is 0 Å². The van der Waals surface area contributed by atoms with Gasteiger partial charge in [-0.25, -0.2) is 0 Å². The Kier molecular flexibility index (Phi) is 8.60. The Morgan fingerprint density at radius 2 is 1.93 bits per heavy atom. The second kappa shape index (κ2) is 12.0. The van der Waals surface area contributed by atoms with Gasteiger partial charge in [-0.2, -0.15) is 13.2 Å². The van der Waals surface area contributed by atoms with Crippen LogP contribution >= 0.6 is 0 Å². The van der Waals surface area contributed by atoms with E-state index in [1.807, 2.05) is 19.2 Å². The standard InChI is InChI=1S/C29H32N2O7.C2HF3O/c1-31-14-12-28-23-18-7-8-19(16-32)25(23)38-26(28)20(9-11-29(28,36)21(31)15-18)37-22(33)10-13-30-27(35)24(34)17-5-3-2-4-6-17;3-2(4,5)1-6/h2-9,21,24,26,32,34,36H,10-16H2,1H3,(H,30,35);1H/t21-,24+,26+,28+,29-;/m1./s1. The molecule has 2 aliphatic heterocycles. The highest BCUT2D eigenvalue weighted by molar-refractivity contribution is 5.82. The smallest absolute Gasteiger partial charge is 0.446 e. The van der Waals surface area contributed by atoms with Crippen LogP contribution in [0.1, 0.15) is 47.6 Å². The molecule has 1 saturated heterocycles. The molecule has 2 aliphatic carbocycles.